The van der Waals surface area contributed by atoms with Crippen molar-refractivity contribution >= 4 is 33.7 Å². The third kappa shape index (κ3) is 7.09. The molecule has 9 heteroatoms. The van der Waals surface area contributed by atoms with Crippen molar-refractivity contribution in [2.24, 2.45) is 0 Å². The Morgan fingerprint density at radius 3 is 0.815 bits per heavy atom. The number of nitrogens with zero attached hydrogens (tertiary/aromatic N) is 8. The summed E-state index contributed by atoms with van der Waals surface area (Å²) in [6.07, 6.45) is 0. The molecule has 0 saturated heterocycles. The van der Waals surface area contributed by atoms with Gasteiger partial charge in [-0.15, -0.1) is 0 Å². The van der Waals surface area contributed by atoms with E-state index in [0.29, 0.717) is 45.9 Å². The third-order valence-electron chi connectivity index (χ3n) is 12.8. The molecule has 8 nitrogen and oxygen atoms in total. The molecular weight excluding hydrogens is 843 g/mol. The Bertz CT molecular complexity index is 3180. The zero-order valence-corrected chi connectivity index (χ0v) is 37.2. The van der Waals surface area contributed by atoms with Crippen LogP contribution in [0.4, 0.5) is 0 Å². The molecule has 2 aliphatic heterocycles. The summed E-state index contributed by atoms with van der Waals surface area (Å²) in [4.78, 5) is 43.5. The molecule has 11 rings (SSSR count). The Morgan fingerprint density at radius 2 is 0.538 bits per heavy atom. The van der Waals surface area contributed by atoms with Crippen molar-refractivity contribution in [3.63, 3.8) is 0 Å². The third-order valence-corrected chi connectivity index (χ3v) is 12.8. The molecule has 0 aliphatic carbocycles. The predicted octanol–water partition coefficient (Wildman–Crippen LogP) is 12.1. The monoisotopic (exact) mass is 884 g/mol. The number of benzene rings is 6. The molecule has 0 amide bonds. The average Bonchev–Trinajstić information content (AvgIpc) is 4.03. The van der Waals surface area contributed by atoms with Gasteiger partial charge >= 0.3 is 16.5 Å². The fourth-order valence-electron chi connectivity index (χ4n) is 8.73. The molecule has 9 aromatic rings. The maximum absolute atomic E-state index is 5.52. The fourth-order valence-corrected chi connectivity index (χ4v) is 8.73. The number of fused-ring (bicyclic) bond motifs is 8. The van der Waals surface area contributed by atoms with Crippen LogP contribution < -0.4 is 9.97 Å². The average molecular weight is 886 g/mol. The summed E-state index contributed by atoms with van der Waals surface area (Å²) >= 11 is 0. The second-order valence-corrected chi connectivity index (χ2v) is 17.2. The van der Waals surface area contributed by atoms with Crippen LogP contribution in [0.3, 0.4) is 0 Å². The first-order chi connectivity index (χ1) is 31.3. The van der Waals surface area contributed by atoms with E-state index in [-0.39, 0.29) is 16.5 Å². The molecule has 0 radical (unpaired) electrons. The van der Waals surface area contributed by atoms with Gasteiger partial charge in [0.15, 0.2) is 0 Å². The molecular formula is C56H42N8Ni. The predicted molar refractivity (Wildman–Crippen MR) is 256 cm³/mol. The van der Waals surface area contributed by atoms with Crippen LogP contribution in [0.25, 0.3) is 78.2 Å². The van der Waals surface area contributed by atoms with Gasteiger partial charge in [-0.2, -0.15) is 0 Å². The summed E-state index contributed by atoms with van der Waals surface area (Å²) in [5.41, 5.74) is 11.7. The first-order valence-electron chi connectivity index (χ1n) is 21.5. The Hall–Kier alpha value is -7.61. The maximum atomic E-state index is 5.52. The molecule has 6 aromatic carbocycles. The van der Waals surface area contributed by atoms with Crippen molar-refractivity contribution in [3.8, 4) is 44.5 Å². The summed E-state index contributed by atoms with van der Waals surface area (Å²) < 4.78 is 0. The molecule has 0 saturated carbocycles. The number of rotatable bonds is 6. The van der Waals surface area contributed by atoms with Gasteiger partial charge < -0.3 is 29.9 Å². The van der Waals surface area contributed by atoms with Gasteiger partial charge in [0.1, 0.15) is 0 Å². The molecule has 0 atom stereocenters. The molecule has 316 valence electrons. The van der Waals surface area contributed by atoms with Gasteiger partial charge in [0.2, 0.25) is 0 Å². The molecule has 3 aromatic heterocycles. The molecule has 2 aliphatic rings. The number of hydrogen-bond acceptors (Lipinski definition) is 6. The smallest absolute Gasteiger partial charge is 0.357 e. The van der Waals surface area contributed by atoms with E-state index in [4.69, 9.17) is 39.9 Å². The second-order valence-electron chi connectivity index (χ2n) is 17.2. The minimum atomic E-state index is -0.571. The van der Waals surface area contributed by atoms with Crippen LogP contribution in [-0.2, 0) is 27.3 Å². The fraction of sp³-hybridized carbons (Fsp3) is 0.107. The van der Waals surface area contributed by atoms with E-state index in [1.54, 1.807) is 0 Å². The van der Waals surface area contributed by atoms with Gasteiger partial charge in [0.05, 0.1) is 23.3 Å². The molecule has 0 fully saturated rings. The number of hydrogen-bond donors (Lipinski definition) is 0. The van der Waals surface area contributed by atoms with E-state index >= 15 is 0 Å². The molecule has 0 unspecified atom stereocenters. The number of aromatic nitrogens is 8. The van der Waals surface area contributed by atoms with E-state index in [1.165, 1.54) is 0 Å². The van der Waals surface area contributed by atoms with Gasteiger partial charge in [-0.05, 0) is 33.4 Å². The van der Waals surface area contributed by atoms with Crippen LogP contribution in [-0.4, -0.2) is 29.9 Å². The van der Waals surface area contributed by atoms with Crippen molar-refractivity contribution < 1.29 is 16.5 Å². The molecule has 8 bridgehead atoms. The van der Waals surface area contributed by atoms with E-state index in [2.05, 4.69) is 100 Å². The topological polar surface area (TPSA) is 106 Å². The summed E-state index contributed by atoms with van der Waals surface area (Å²) in [5.74, 6) is 2.20. The normalized spacial score (nSPS) is 13.9. The Labute approximate surface area is 387 Å². The summed E-state index contributed by atoms with van der Waals surface area (Å²) in [7, 11) is 0. The Kier molecular flexibility index (Phi) is 10.5. The van der Waals surface area contributed by atoms with Crippen molar-refractivity contribution in [3.05, 3.63) is 216 Å². The minimum Gasteiger partial charge on any atom is -0.357 e. The van der Waals surface area contributed by atoms with Crippen LogP contribution in [0.1, 0.15) is 62.1 Å². The van der Waals surface area contributed by atoms with E-state index < -0.39 is 10.8 Å². The summed E-state index contributed by atoms with van der Waals surface area (Å²) in [6, 6.07) is 61.8. The van der Waals surface area contributed by atoms with Crippen molar-refractivity contribution in [2.75, 3.05) is 0 Å². The maximum Gasteiger partial charge on any atom is 2.00 e. The second kappa shape index (κ2) is 16.5. The quantitative estimate of drug-likeness (QED) is 0.152. The largest absolute Gasteiger partial charge is 2.00 e. The van der Waals surface area contributed by atoms with Crippen molar-refractivity contribution in [1.29, 1.82) is 0 Å². The van der Waals surface area contributed by atoms with Crippen LogP contribution in [0.15, 0.2) is 182 Å². The standard InChI is InChI=1S/C56H42N8.Ni/c1-55(2)53-62-51-45(39-31-19-9-20-32-39)43(37-27-15-7-16-28-37)49(60-51)58-47-41(35-23-11-5-12-24-35)42(36-25-13-6-14-26-36)48(57-47)59-50-44(38-29-17-8-18-30-38)46(40-33-21-10-22-34-40)52(61-50)63-54(64-53)56(55,3)4;/h5-34H,1-4H3;/q-2;+2. The van der Waals surface area contributed by atoms with Crippen molar-refractivity contribution in [2.45, 2.75) is 38.5 Å². The van der Waals surface area contributed by atoms with Gasteiger partial charge in [-0.1, -0.05) is 210 Å². The van der Waals surface area contributed by atoms with E-state index in [9.17, 15) is 0 Å². The first-order valence-corrected chi connectivity index (χ1v) is 21.5. The van der Waals surface area contributed by atoms with Crippen LogP contribution in [0, 0.1) is 0 Å². The SMILES string of the molecule is CC1(C)c2nc(nc3[n-]c(nc4nc(nc5[n-]c(n2)c(-c2ccccc2)c5-c2ccccc2)C(c2ccccc2)=C4c2ccccc2)c(-c2ccccc2)c3-c2ccccc2)C1(C)C.[Ni+2]. The van der Waals surface area contributed by atoms with E-state index in [0.717, 1.165) is 66.8 Å². The molecule has 0 N–H and O–H groups in total. The van der Waals surface area contributed by atoms with Crippen molar-refractivity contribution in [1.82, 2.24) is 39.9 Å². The molecule has 65 heavy (non-hydrogen) atoms. The summed E-state index contributed by atoms with van der Waals surface area (Å²) in [6.45, 7) is 8.72. The summed E-state index contributed by atoms with van der Waals surface area (Å²) in [5, 5.41) is 0. The van der Waals surface area contributed by atoms with Gasteiger partial charge in [0.25, 0.3) is 0 Å². The van der Waals surface area contributed by atoms with Crippen LogP contribution in [0.5, 0.6) is 0 Å². The zero-order valence-electron chi connectivity index (χ0n) is 36.2. The van der Waals surface area contributed by atoms with Crippen LogP contribution in [0.2, 0.25) is 0 Å². The van der Waals surface area contributed by atoms with E-state index in [1.807, 2.05) is 109 Å². The van der Waals surface area contributed by atoms with Crippen LogP contribution >= 0.6 is 0 Å². The van der Waals surface area contributed by atoms with Gasteiger partial charge in [-0.25, -0.2) is 4.98 Å². The Morgan fingerprint density at radius 1 is 0.292 bits per heavy atom. The first kappa shape index (κ1) is 41.4. The Balaban J connectivity index is 0.00000498. The zero-order chi connectivity index (χ0) is 43.4. The van der Waals surface area contributed by atoms with Gasteiger partial charge in [0, 0.05) is 66.8 Å². The molecule has 5 heterocycles. The van der Waals surface area contributed by atoms with Gasteiger partial charge in [-0.3, -0.25) is 4.98 Å². The molecule has 0 spiro atoms. The minimum absolute atomic E-state index is 0.